The molecule has 0 bridgehead atoms. The Bertz CT molecular complexity index is 1270. The van der Waals surface area contributed by atoms with Gasteiger partial charge in [-0.05, 0) is 144 Å². The van der Waals surface area contributed by atoms with Crippen LogP contribution >= 0.6 is 0 Å². The van der Waals surface area contributed by atoms with Crippen LogP contribution in [0.5, 0.6) is 11.5 Å². The fourth-order valence-corrected chi connectivity index (χ4v) is 5.14. The molecule has 46 heavy (non-hydrogen) atoms. The Morgan fingerprint density at radius 1 is 0.652 bits per heavy atom. The Kier molecular flexibility index (Phi) is 19.7. The Morgan fingerprint density at radius 3 is 1.46 bits per heavy atom. The van der Waals surface area contributed by atoms with Crippen molar-refractivity contribution in [2.75, 3.05) is 6.54 Å². The first kappa shape index (κ1) is 40.7. The molecule has 1 unspecified atom stereocenters. The van der Waals surface area contributed by atoms with Crippen molar-refractivity contribution in [2.24, 2.45) is 0 Å². The van der Waals surface area contributed by atoms with Crippen LogP contribution in [-0.2, 0) is 4.79 Å². The van der Waals surface area contributed by atoms with Crippen molar-refractivity contribution in [3.05, 3.63) is 93.7 Å². The summed E-state index contributed by atoms with van der Waals surface area (Å²) in [5, 5.41) is 30.0. The van der Waals surface area contributed by atoms with Crippen molar-refractivity contribution in [1.29, 1.82) is 0 Å². The van der Waals surface area contributed by atoms with E-state index in [1.54, 1.807) is 17.0 Å². The van der Waals surface area contributed by atoms with Crippen LogP contribution in [-0.4, -0.2) is 38.7 Å². The first-order valence-electron chi connectivity index (χ1n) is 17.1. The van der Waals surface area contributed by atoms with Gasteiger partial charge >= 0.3 is 0 Å². The summed E-state index contributed by atoms with van der Waals surface area (Å²) in [6.07, 6.45) is 23.0. The van der Waals surface area contributed by atoms with E-state index in [1.165, 1.54) is 40.0 Å². The Labute approximate surface area is 280 Å². The van der Waals surface area contributed by atoms with Crippen molar-refractivity contribution < 1.29 is 20.1 Å². The Hall–Kier alpha value is -3.31. The fraction of sp³-hybridized carbons (Fsp3) is 0.537. The van der Waals surface area contributed by atoms with Crippen LogP contribution in [0.3, 0.4) is 0 Å². The molecular weight excluding hydrogens is 570 g/mol. The van der Waals surface area contributed by atoms with Crippen LogP contribution in [0.4, 0.5) is 0 Å². The second-order valence-corrected chi connectivity index (χ2v) is 13.5. The molecule has 0 radical (unpaired) electrons. The summed E-state index contributed by atoms with van der Waals surface area (Å²) < 4.78 is 0. The highest BCUT2D eigenvalue weighted by Gasteiger charge is 2.21. The second-order valence-electron chi connectivity index (χ2n) is 13.5. The number of carbonyl (C=O) groups is 1. The zero-order valence-corrected chi connectivity index (χ0v) is 30.3. The molecule has 0 aliphatic heterocycles. The van der Waals surface area contributed by atoms with Gasteiger partial charge in [0.1, 0.15) is 0 Å². The number of phenols is 2. The Balaban J connectivity index is 2.45. The van der Waals surface area contributed by atoms with E-state index in [9.17, 15) is 20.1 Å². The highest BCUT2D eigenvalue weighted by molar-refractivity contribution is 5.88. The zero-order valence-electron chi connectivity index (χ0n) is 30.3. The number of amides is 1. The van der Waals surface area contributed by atoms with Crippen LogP contribution in [0.1, 0.15) is 138 Å². The molecule has 0 aromatic heterocycles. The van der Waals surface area contributed by atoms with Crippen molar-refractivity contribution in [1.82, 2.24) is 4.90 Å². The molecule has 5 heteroatoms. The summed E-state index contributed by atoms with van der Waals surface area (Å²) in [7, 11) is 0. The maximum atomic E-state index is 13.0. The van der Waals surface area contributed by atoms with Gasteiger partial charge in [0.15, 0.2) is 11.5 Å². The normalized spacial score (nSPS) is 14.1. The van der Waals surface area contributed by atoms with E-state index < -0.39 is 6.10 Å². The lowest BCUT2D eigenvalue weighted by atomic mass is 10.0. The largest absolute Gasteiger partial charge is 0.504 e. The average molecular weight is 634 g/mol. The number of hydrogen-bond donors (Lipinski definition) is 3. The van der Waals surface area contributed by atoms with Gasteiger partial charge < -0.3 is 20.2 Å². The van der Waals surface area contributed by atoms with Crippen molar-refractivity contribution >= 4 is 5.91 Å². The SMILES string of the molecule is CC(C)=CCCC(C)=CCCC(C)=CCCC(C)=CCCC(C)=CCCC(C)=CC(=O)N(CC(O)c1ccc(O)c(O)c1)C(C)C. The Morgan fingerprint density at radius 2 is 1.07 bits per heavy atom. The van der Waals surface area contributed by atoms with Crippen LogP contribution in [0.15, 0.2) is 88.1 Å². The van der Waals surface area contributed by atoms with E-state index in [0.29, 0.717) is 5.56 Å². The molecule has 0 spiro atoms. The molecule has 1 amide bonds. The topological polar surface area (TPSA) is 81.0 Å². The third-order valence-electron chi connectivity index (χ3n) is 8.25. The van der Waals surface area contributed by atoms with Gasteiger partial charge in [0, 0.05) is 12.1 Å². The summed E-state index contributed by atoms with van der Waals surface area (Å²) in [5.74, 6) is -0.677. The summed E-state index contributed by atoms with van der Waals surface area (Å²) in [5.41, 5.74) is 8.64. The van der Waals surface area contributed by atoms with Gasteiger partial charge in [-0.1, -0.05) is 69.9 Å². The molecule has 256 valence electrons. The molecule has 0 saturated heterocycles. The number of rotatable bonds is 20. The monoisotopic (exact) mass is 633 g/mol. The van der Waals surface area contributed by atoms with Crippen molar-refractivity contribution in [3.63, 3.8) is 0 Å². The van der Waals surface area contributed by atoms with E-state index in [4.69, 9.17) is 0 Å². The number of aromatic hydroxyl groups is 2. The number of carbonyl (C=O) groups excluding carboxylic acids is 1. The van der Waals surface area contributed by atoms with Crippen LogP contribution in [0, 0.1) is 0 Å². The zero-order chi connectivity index (χ0) is 34.6. The van der Waals surface area contributed by atoms with E-state index in [-0.39, 0.29) is 30.0 Å². The number of aliphatic hydroxyl groups excluding tert-OH is 1. The lowest BCUT2D eigenvalue weighted by molar-refractivity contribution is -0.129. The molecule has 0 aliphatic carbocycles. The molecule has 1 aromatic rings. The summed E-state index contributed by atoms with van der Waals surface area (Å²) in [6.45, 7) is 19.1. The quantitative estimate of drug-likeness (QED) is 0.0758. The minimum Gasteiger partial charge on any atom is -0.504 e. The number of allylic oxidation sites excluding steroid dienone is 11. The van der Waals surface area contributed by atoms with Crippen molar-refractivity contribution in [2.45, 2.75) is 139 Å². The first-order chi connectivity index (χ1) is 21.7. The highest BCUT2D eigenvalue weighted by atomic mass is 16.3. The predicted molar refractivity (Wildman–Crippen MR) is 196 cm³/mol. The number of aliphatic hydroxyl groups is 1. The molecule has 1 rings (SSSR count). The number of phenolic OH excluding ortho intramolecular Hbond substituents is 2. The summed E-state index contributed by atoms with van der Waals surface area (Å²) in [6, 6.07) is 4.11. The number of benzene rings is 1. The molecule has 1 atom stereocenters. The summed E-state index contributed by atoms with van der Waals surface area (Å²) >= 11 is 0. The van der Waals surface area contributed by atoms with E-state index in [1.807, 2.05) is 20.8 Å². The van der Waals surface area contributed by atoms with Gasteiger partial charge in [-0.3, -0.25) is 4.79 Å². The van der Waals surface area contributed by atoms with Gasteiger partial charge in [0.2, 0.25) is 5.91 Å². The molecule has 5 nitrogen and oxygen atoms in total. The molecule has 0 aliphatic rings. The second kappa shape index (κ2) is 22.3. The minimum atomic E-state index is -0.972. The maximum Gasteiger partial charge on any atom is 0.246 e. The van der Waals surface area contributed by atoms with Gasteiger partial charge in [0.25, 0.3) is 0 Å². The van der Waals surface area contributed by atoms with Crippen molar-refractivity contribution in [3.8, 4) is 11.5 Å². The average Bonchev–Trinajstić information content (AvgIpc) is 2.96. The molecule has 0 heterocycles. The lowest BCUT2D eigenvalue weighted by Gasteiger charge is -2.28. The third-order valence-corrected chi connectivity index (χ3v) is 8.25. The smallest absolute Gasteiger partial charge is 0.246 e. The molecule has 0 fully saturated rings. The molecular formula is C41H63NO4. The molecule has 0 saturated carbocycles. The standard InChI is InChI=1S/C41H63NO4/c1-30(2)15-10-16-32(5)17-11-18-33(6)19-12-20-34(7)21-13-22-35(8)23-14-24-36(9)27-41(46)42(31(3)4)29-40(45)37-25-26-38(43)39(44)28-37/h15,17,19,21,23,25-28,31,40,43-45H,10-14,16,18,20,22,24,29H2,1-9H3. The predicted octanol–water partition coefficient (Wildman–Crippen LogP) is 11.0. The fourth-order valence-electron chi connectivity index (χ4n) is 5.14. The van der Waals surface area contributed by atoms with E-state index in [0.717, 1.165) is 69.8 Å². The minimum absolute atomic E-state index is 0.0982. The number of nitrogens with zero attached hydrogens (tertiary/aromatic N) is 1. The lowest BCUT2D eigenvalue weighted by Crippen LogP contribution is -2.39. The molecule has 3 N–H and O–H groups in total. The van der Waals surface area contributed by atoms with Gasteiger partial charge in [-0.15, -0.1) is 0 Å². The van der Waals surface area contributed by atoms with Crippen LogP contribution in [0.2, 0.25) is 0 Å². The van der Waals surface area contributed by atoms with Gasteiger partial charge in [-0.25, -0.2) is 0 Å². The highest BCUT2D eigenvalue weighted by Crippen LogP contribution is 2.28. The first-order valence-corrected chi connectivity index (χ1v) is 17.1. The van der Waals surface area contributed by atoms with E-state index >= 15 is 0 Å². The summed E-state index contributed by atoms with van der Waals surface area (Å²) in [4.78, 5) is 14.7. The number of hydrogen-bond acceptors (Lipinski definition) is 4. The molecule has 1 aromatic carbocycles. The van der Waals surface area contributed by atoms with Crippen LogP contribution < -0.4 is 0 Å². The van der Waals surface area contributed by atoms with Gasteiger partial charge in [-0.2, -0.15) is 0 Å². The van der Waals surface area contributed by atoms with Gasteiger partial charge in [0.05, 0.1) is 12.6 Å². The third kappa shape index (κ3) is 18.0. The van der Waals surface area contributed by atoms with Crippen LogP contribution in [0.25, 0.3) is 0 Å². The maximum absolute atomic E-state index is 13.0. The van der Waals surface area contributed by atoms with E-state index in [2.05, 4.69) is 71.9 Å².